The quantitative estimate of drug-likeness (QED) is 0.332. The maximum atomic E-state index is 12.7. The van der Waals surface area contributed by atoms with Gasteiger partial charge in [0.25, 0.3) is 5.56 Å². The molecule has 9 heteroatoms. The van der Waals surface area contributed by atoms with E-state index in [0.29, 0.717) is 27.6 Å². The predicted octanol–water partition coefficient (Wildman–Crippen LogP) is 3.35. The first kappa shape index (κ1) is 21.6. The zero-order valence-electron chi connectivity index (χ0n) is 15.9. The Morgan fingerprint density at radius 2 is 1.97 bits per heavy atom. The van der Waals surface area contributed by atoms with Crippen LogP contribution >= 0.6 is 23.4 Å². The minimum absolute atomic E-state index is 0.0889. The van der Waals surface area contributed by atoms with Crippen LogP contribution in [0.5, 0.6) is 0 Å². The number of amides is 3. The topological polar surface area (TPSA) is 93.1 Å². The number of benzene rings is 2. The van der Waals surface area contributed by atoms with Gasteiger partial charge in [-0.1, -0.05) is 59.8 Å². The molecule has 2 N–H and O–H groups in total. The summed E-state index contributed by atoms with van der Waals surface area (Å²) in [5.41, 5.74) is 1.11. The van der Waals surface area contributed by atoms with Crippen molar-refractivity contribution >= 4 is 46.2 Å². The van der Waals surface area contributed by atoms with Gasteiger partial charge in [0.1, 0.15) is 0 Å². The maximum Gasteiger partial charge on any atom is 0.321 e. The van der Waals surface area contributed by atoms with Crippen molar-refractivity contribution in [1.82, 2.24) is 20.2 Å². The molecule has 1 heterocycles. The lowest BCUT2D eigenvalue weighted by molar-refractivity contribution is -0.117. The zero-order valence-corrected chi connectivity index (χ0v) is 17.5. The second kappa shape index (κ2) is 10.1. The highest BCUT2D eigenvalue weighted by Gasteiger charge is 2.14. The van der Waals surface area contributed by atoms with Crippen molar-refractivity contribution in [2.75, 3.05) is 5.75 Å². The van der Waals surface area contributed by atoms with Gasteiger partial charge in [-0.15, -0.1) is 6.58 Å². The summed E-state index contributed by atoms with van der Waals surface area (Å²) < 4.78 is 1.43. The summed E-state index contributed by atoms with van der Waals surface area (Å²) in [7, 11) is 0. The van der Waals surface area contributed by atoms with Crippen molar-refractivity contribution in [3.63, 3.8) is 0 Å². The lowest BCUT2D eigenvalue weighted by atomic mass is 10.2. The summed E-state index contributed by atoms with van der Waals surface area (Å²) in [5.74, 6) is -0.592. The van der Waals surface area contributed by atoms with Gasteiger partial charge in [-0.25, -0.2) is 9.78 Å². The Morgan fingerprint density at radius 1 is 1.20 bits per heavy atom. The second-order valence-electron chi connectivity index (χ2n) is 6.27. The molecule has 0 spiro atoms. The third kappa shape index (κ3) is 5.49. The van der Waals surface area contributed by atoms with Gasteiger partial charge in [-0.05, 0) is 23.8 Å². The fourth-order valence-corrected chi connectivity index (χ4v) is 3.66. The van der Waals surface area contributed by atoms with Crippen LogP contribution in [0.3, 0.4) is 0 Å². The molecule has 0 aliphatic carbocycles. The van der Waals surface area contributed by atoms with Crippen molar-refractivity contribution in [3.05, 3.63) is 82.1 Å². The molecule has 0 bridgehead atoms. The van der Waals surface area contributed by atoms with E-state index in [-0.39, 0.29) is 17.9 Å². The maximum absolute atomic E-state index is 12.7. The molecule has 3 rings (SSSR count). The Hall–Kier alpha value is -3.10. The van der Waals surface area contributed by atoms with E-state index >= 15 is 0 Å². The summed E-state index contributed by atoms with van der Waals surface area (Å²) in [6.45, 7) is 4.21. The lowest BCUT2D eigenvalue weighted by Crippen LogP contribution is -2.40. The number of thioether (sulfide) groups is 1. The number of fused-ring (bicyclic) bond motifs is 1. The second-order valence-corrected chi connectivity index (χ2v) is 7.64. The average Bonchev–Trinajstić information content (AvgIpc) is 2.73. The highest BCUT2D eigenvalue weighted by Crippen LogP contribution is 2.20. The average molecular weight is 443 g/mol. The third-order valence-electron chi connectivity index (χ3n) is 4.08. The fourth-order valence-electron chi connectivity index (χ4n) is 2.69. The molecule has 3 amide bonds. The van der Waals surface area contributed by atoms with E-state index in [0.717, 1.165) is 17.3 Å². The van der Waals surface area contributed by atoms with E-state index < -0.39 is 11.9 Å². The van der Waals surface area contributed by atoms with E-state index in [1.54, 1.807) is 24.3 Å². The van der Waals surface area contributed by atoms with Gasteiger partial charge in [0.15, 0.2) is 5.16 Å². The molecule has 0 fully saturated rings. The number of halogens is 1. The van der Waals surface area contributed by atoms with Gasteiger partial charge in [-0.3, -0.25) is 19.5 Å². The van der Waals surface area contributed by atoms with Gasteiger partial charge in [0.05, 0.1) is 16.7 Å². The fraction of sp³-hybridized carbons (Fsp3) is 0.143. The van der Waals surface area contributed by atoms with Crippen LogP contribution in [0.4, 0.5) is 4.79 Å². The highest BCUT2D eigenvalue weighted by atomic mass is 35.5. The number of urea groups is 1. The first-order valence-corrected chi connectivity index (χ1v) is 10.4. The Kier molecular flexibility index (Phi) is 7.26. The Morgan fingerprint density at radius 3 is 2.70 bits per heavy atom. The molecular formula is C21H19ClN4O3S. The number of carbonyl (C=O) groups is 2. The first-order valence-electron chi connectivity index (χ1n) is 9.03. The van der Waals surface area contributed by atoms with Crippen LogP contribution in [0.2, 0.25) is 5.02 Å². The van der Waals surface area contributed by atoms with Crippen LogP contribution < -0.4 is 16.2 Å². The largest absolute Gasteiger partial charge is 0.334 e. The number of rotatable bonds is 7. The summed E-state index contributed by atoms with van der Waals surface area (Å²) in [4.78, 5) is 41.3. The Balaban J connectivity index is 1.66. The van der Waals surface area contributed by atoms with Crippen LogP contribution in [0.15, 0.2) is 71.1 Å². The summed E-state index contributed by atoms with van der Waals surface area (Å²) in [6, 6.07) is 13.6. The summed E-state index contributed by atoms with van der Waals surface area (Å²) in [5, 5.41) is 6.11. The molecule has 3 aromatic rings. The molecule has 1 aromatic heterocycles. The molecule has 0 aliphatic heterocycles. The molecule has 0 saturated heterocycles. The number of aromatic nitrogens is 2. The van der Waals surface area contributed by atoms with E-state index in [4.69, 9.17) is 11.6 Å². The molecular weight excluding hydrogens is 424 g/mol. The van der Waals surface area contributed by atoms with Gasteiger partial charge >= 0.3 is 6.03 Å². The van der Waals surface area contributed by atoms with E-state index in [2.05, 4.69) is 22.2 Å². The number of imide groups is 1. The number of hydrogen-bond acceptors (Lipinski definition) is 5. The van der Waals surface area contributed by atoms with Crippen LogP contribution in [-0.2, 0) is 17.9 Å². The molecule has 0 radical (unpaired) electrons. The molecule has 7 nitrogen and oxygen atoms in total. The minimum Gasteiger partial charge on any atom is -0.334 e. The van der Waals surface area contributed by atoms with Crippen molar-refractivity contribution in [2.45, 2.75) is 18.2 Å². The van der Waals surface area contributed by atoms with Crippen LogP contribution in [0, 0.1) is 0 Å². The Labute approximate surface area is 182 Å². The van der Waals surface area contributed by atoms with E-state index in [9.17, 15) is 14.4 Å². The predicted molar refractivity (Wildman–Crippen MR) is 119 cm³/mol. The third-order valence-corrected chi connectivity index (χ3v) is 5.29. The summed E-state index contributed by atoms with van der Waals surface area (Å²) in [6.07, 6.45) is 1.58. The molecule has 30 heavy (non-hydrogen) atoms. The van der Waals surface area contributed by atoms with Gasteiger partial charge in [0.2, 0.25) is 5.91 Å². The van der Waals surface area contributed by atoms with E-state index in [1.165, 1.54) is 4.57 Å². The smallest absolute Gasteiger partial charge is 0.321 e. The van der Waals surface area contributed by atoms with Gasteiger partial charge in [-0.2, -0.15) is 0 Å². The Bertz CT molecular complexity index is 1150. The molecule has 0 atom stereocenters. The van der Waals surface area contributed by atoms with Crippen molar-refractivity contribution in [3.8, 4) is 0 Å². The zero-order chi connectivity index (χ0) is 21.5. The molecule has 0 unspecified atom stereocenters. The normalized spacial score (nSPS) is 10.6. The van der Waals surface area contributed by atoms with Crippen LogP contribution in [0.25, 0.3) is 10.9 Å². The standard InChI is InChI=1S/C21H19ClN4O3S/c1-2-10-26-19(28)16-9-8-15(22)11-17(16)24-21(26)30-13-18(27)25-20(29)23-12-14-6-4-3-5-7-14/h2-9,11H,1,10,12-13H2,(H2,23,25,27,29). The van der Waals surface area contributed by atoms with Crippen molar-refractivity contribution < 1.29 is 9.59 Å². The number of carbonyl (C=O) groups excluding carboxylic acids is 2. The minimum atomic E-state index is -0.591. The molecule has 2 aromatic carbocycles. The number of hydrogen-bond donors (Lipinski definition) is 2. The molecule has 0 saturated carbocycles. The van der Waals surface area contributed by atoms with Crippen molar-refractivity contribution in [1.29, 1.82) is 0 Å². The van der Waals surface area contributed by atoms with Gasteiger partial charge in [0, 0.05) is 18.1 Å². The summed E-state index contributed by atoms with van der Waals surface area (Å²) >= 11 is 7.06. The molecule has 154 valence electrons. The SMILES string of the molecule is C=CCn1c(SCC(=O)NC(=O)NCc2ccccc2)nc2cc(Cl)ccc2c1=O. The van der Waals surface area contributed by atoms with E-state index in [1.807, 2.05) is 30.3 Å². The number of nitrogens with one attached hydrogen (secondary N) is 2. The first-order chi connectivity index (χ1) is 14.5. The lowest BCUT2D eigenvalue weighted by Gasteiger charge is -2.11. The van der Waals surface area contributed by atoms with Gasteiger partial charge < -0.3 is 5.32 Å². The highest BCUT2D eigenvalue weighted by molar-refractivity contribution is 7.99. The monoisotopic (exact) mass is 442 g/mol. The van der Waals surface area contributed by atoms with Crippen LogP contribution in [-0.4, -0.2) is 27.2 Å². The van der Waals surface area contributed by atoms with Crippen molar-refractivity contribution in [2.24, 2.45) is 0 Å². The molecule has 0 aliphatic rings. The van der Waals surface area contributed by atoms with Crippen LogP contribution in [0.1, 0.15) is 5.56 Å². The number of nitrogens with zero attached hydrogens (tertiary/aromatic N) is 2. The number of allylic oxidation sites excluding steroid dienone is 1.